The molecule has 0 saturated carbocycles. The zero-order chi connectivity index (χ0) is 28.1. The Morgan fingerprint density at radius 2 is 1.59 bits per heavy atom. The van der Waals surface area contributed by atoms with Crippen LogP contribution in [0.15, 0.2) is 18.2 Å². The number of benzene rings is 1. The summed E-state index contributed by atoms with van der Waals surface area (Å²) in [4.78, 5) is 70.7. The van der Waals surface area contributed by atoms with E-state index in [-0.39, 0.29) is 13.0 Å². The van der Waals surface area contributed by atoms with E-state index in [0.29, 0.717) is 25.0 Å². The highest BCUT2D eigenvalue weighted by Gasteiger charge is 2.30. The highest BCUT2D eigenvalue weighted by molar-refractivity contribution is 5.99. The number of carboxylic acids is 1. The Bertz CT molecular complexity index is 1020. The van der Waals surface area contributed by atoms with E-state index in [1.807, 2.05) is 0 Å². The van der Waals surface area contributed by atoms with Crippen LogP contribution >= 0.6 is 0 Å². The maximum Gasteiger partial charge on any atom is 0.303 e. The van der Waals surface area contributed by atoms with E-state index in [1.165, 1.54) is 0 Å². The molecule has 1 unspecified atom stereocenters. The number of amides is 4. The molecule has 204 valence electrons. The van der Waals surface area contributed by atoms with Gasteiger partial charge in [-0.1, -0.05) is 0 Å². The highest BCUT2D eigenvalue weighted by Crippen LogP contribution is 2.17. The average molecular weight is 528 g/mol. The van der Waals surface area contributed by atoms with Crippen molar-refractivity contribution in [3.05, 3.63) is 39.7 Å². The van der Waals surface area contributed by atoms with Crippen molar-refractivity contribution in [1.29, 1.82) is 0 Å². The maximum absolute atomic E-state index is 14.2. The lowest BCUT2D eigenvalue weighted by molar-refractivity contribution is -0.384. The van der Waals surface area contributed by atoms with Gasteiger partial charge in [0.25, 0.3) is 11.6 Å². The third-order valence-corrected chi connectivity index (χ3v) is 5.10. The van der Waals surface area contributed by atoms with Crippen molar-refractivity contribution in [2.45, 2.75) is 50.2 Å². The van der Waals surface area contributed by atoms with Gasteiger partial charge in [0.1, 0.15) is 23.9 Å². The minimum Gasteiger partial charge on any atom is -0.481 e. The second-order valence-corrected chi connectivity index (χ2v) is 7.87. The first-order chi connectivity index (χ1) is 17.4. The molecule has 0 saturated heterocycles. The van der Waals surface area contributed by atoms with Gasteiger partial charge in [-0.25, -0.2) is 4.39 Å². The van der Waals surface area contributed by atoms with Gasteiger partial charge in [-0.3, -0.25) is 34.1 Å². The van der Waals surface area contributed by atoms with Crippen LogP contribution in [0, 0.1) is 15.9 Å². The van der Waals surface area contributed by atoms with Crippen molar-refractivity contribution in [1.82, 2.24) is 16.0 Å². The number of aliphatic hydroxyl groups excluding tert-OH is 1. The van der Waals surface area contributed by atoms with E-state index in [4.69, 9.17) is 16.6 Å². The fourth-order valence-corrected chi connectivity index (χ4v) is 3.09. The molecule has 0 aromatic heterocycles. The molecule has 0 aliphatic rings. The summed E-state index contributed by atoms with van der Waals surface area (Å²) in [5.41, 5.74) is 9.18. The number of rotatable bonds is 16. The molecule has 0 radical (unpaired) electrons. The Morgan fingerprint density at radius 3 is 2.11 bits per heavy atom. The van der Waals surface area contributed by atoms with Gasteiger partial charge >= 0.3 is 5.97 Å². The van der Waals surface area contributed by atoms with Crippen LogP contribution < -0.4 is 27.4 Å². The molecule has 0 aliphatic carbocycles. The highest BCUT2D eigenvalue weighted by atomic mass is 19.1. The van der Waals surface area contributed by atoms with Crippen LogP contribution in [0.25, 0.3) is 0 Å². The van der Waals surface area contributed by atoms with Crippen LogP contribution in [0.2, 0.25) is 0 Å². The summed E-state index contributed by atoms with van der Waals surface area (Å²) in [6.45, 7) is -0.536. The first-order valence-corrected chi connectivity index (χ1v) is 11.1. The monoisotopic (exact) mass is 528 g/mol. The van der Waals surface area contributed by atoms with Crippen molar-refractivity contribution < 1.29 is 43.5 Å². The molecule has 0 fully saturated rings. The van der Waals surface area contributed by atoms with Crippen molar-refractivity contribution in [3.63, 3.8) is 0 Å². The van der Waals surface area contributed by atoms with Crippen molar-refractivity contribution in [2.24, 2.45) is 11.5 Å². The van der Waals surface area contributed by atoms with Gasteiger partial charge in [-0.15, -0.1) is 0 Å². The smallest absolute Gasteiger partial charge is 0.303 e. The molecular weight excluding hydrogens is 499 g/mol. The third kappa shape index (κ3) is 10.1. The number of halogens is 1. The number of aliphatic hydroxyl groups is 1. The lowest BCUT2D eigenvalue weighted by Gasteiger charge is -2.24. The lowest BCUT2D eigenvalue weighted by Crippen LogP contribution is -2.57. The average Bonchev–Trinajstić information content (AvgIpc) is 2.83. The predicted molar refractivity (Wildman–Crippen MR) is 124 cm³/mol. The molecule has 4 amide bonds. The lowest BCUT2D eigenvalue weighted by atomic mass is 10.1. The number of nitro benzene ring substituents is 1. The molecule has 0 heterocycles. The summed E-state index contributed by atoms with van der Waals surface area (Å²) in [6.07, 6.45) is -0.246. The molecule has 9 N–H and O–H groups in total. The summed E-state index contributed by atoms with van der Waals surface area (Å²) in [5.74, 6) is -6.62. The van der Waals surface area contributed by atoms with Crippen LogP contribution in [0.4, 0.5) is 10.1 Å². The fraction of sp³-hybridized carbons (Fsp3) is 0.476. The summed E-state index contributed by atoms with van der Waals surface area (Å²) in [6, 6.07) is -2.16. The van der Waals surface area contributed by atoms with Gasteiger partial charge in [0, 0.05) is 18.6 Å². The number of nitrogens with one attached hydrogen (secondary N) is 3. The Hall–Kier alpha value is -4.18. The number of carbonyl (C=O) groups excluding carboxylic acids is 4. The van der Waals surface area contributed by atoms with E-state index < -0.39 is 89.2 Å². The number of unbranched alkanes of at least 4 members (excludes halogenated alkanes) is 1. The first kappa shape index (κ1) is 30.9. The van der Waals surface area contributed by atoms with Crippen molar-refractivity contribution in [3.8, 4) is 0 Å². The number of hydrogen-bond acceptors (Lipinski definition) is 9. The van der Waals surface area contributed by atoms with Crippen LogP contribution in [0.3, 0.4) is 0 Å². The molecule has 1 aromatic carbocycles. The Labute approximate surface area is 209 Å². The summed E-state index contributed by atoms with van der Waals surface area (Å²) in [5, 5.41) is 35.8. The van der Waals surface area contributed by atoms with Crippen LogP contribution in [-0.4, -0.2) is 76.0 Å². The molecule has 16 heteroatoms. The first-order valence-electron chi connectivity index (χ1n) is 11.1. The van der Waals surface area contributed by atoms with Gasteiger partial charge in [0.2, 0.25) is 17.7 Å². The van der Waals surface area contributed by atoms with Crippen LogP contribution in [0.1, 0.15) is 42.5 Å². The number of aliphatic carboxylic acids is 1. The van der Waals surface area contributed by atoms with Gasteiger partial charge in [-0.05, 0) is 38.3 Å². The number of non-ortho nitro benzene ring substituents is 1. The minimum absolute atomic E-state index is 0.0186. The molecule has 0 bridgehead atoms. The van der Waals surface area contributed by atoms with Gasteiger partial charge < -0.3 is 37.6 Å². The minimum atomic E-state index is -1.59. The van der Waals surface area contributed by atoms with Crippen LogP contribution in [-0.2, 0) is 19.2 Å². The van der Waals surface area contributed by atoms with Gasteiger partial charge in [0.15, 0.2) is 0 Å². The second kappa shape index (κ2) is 15.0. The second-order valence-electron chi connectivity index (χ2n) is 7.87. The summed E-state index contributed by atoms with van der Waals surface area (Å²) in [7, 11) is 0. The molecular formula is C21H29FN6O9. The number of nitro groups is 1. The molecule has 37 heavy (non-hydrogen) atoms. The normalized spacial score (nSPS) is 13.1. The number of carboxylic acid groups (broad SMARTS) is 1. The zero-order valence-electron chi connectivity index (χ0n) is 19.6. The van der Waals surface area contributed by atoms with E-state index in [9.17, 15) is 43.6 Å². The molecule has 1 aromatic rings. The van der Waals surface area contributed by atoms with Crippen molar-refractivity contribution >= 4 is 35.3 Å². The molecule has 3 atom stereocenters. The number of nitrogens with zero attached hydrogens (tertiary/aromatic N) is 1. The van der Waals surface area contributed by atoms with Gasteiger partial charge in [-0.2, -0.15) is 0 Å². The van der Waals surface area contributed by atoms with E-state index in [0.717, 1.165) is 6.07 Å². The molecule has 0 spiro atoms. The van der Waals surface area contributed by atoms with Crippen molar-refractivity contribution in [2.75, 3.05) is 13.2 Å². The van der Waals surface area contributed by atoms with E-state index in [2.05, 4.69) is 16.0 Å². The Balaban J connectivity index is 3.15. The molecule has 15 nitrogen and oxygen atoms in total. The standard InChI is InChI=1S/C21H29FN6O9/c22-13-5-4-11(28(36)37)9-12(13)19(33)25-15(6-7-17(30)31)21(35)26-14(3-1-2-8-23)20(34)27-16(10-29)18(24)32/h4-5,9,14-16,29H,1-3,6-8,10,23H2,(H2,24,32)(H,25,33)(H,26,35)(H,27,34)(H,30,31)/t14-,15?,16-/m0/s1. The van der Waals surface area contributed by atoms with E-state index in [1.54, 1.807) is 0 Å². The largest absolute Gasteiger partial charge is 0.481 e. The number of carbonyl (C=O) groups is 5. The summed E-state index contributed by atoms with van der Waals surface area (Å²) < 4.78 is 14.2. The topological polar surface area (TPSA) is 257 Å². The summed E-state index contributed by atoms with van der Waals surface area (Å²) >= 11 is 0. The number of primary amides is 1. The Kier molecular flexibility index (Phi) is 12.5. The quantitative estimate of drug-likeness (QED) is 0.0724. The number of nitrogens with two attached hydrogens (primary N) is 2. The fourth-order valence-electron chi connectivity index (χ4n) is 3.09. The molecule has 1 rings (SSSR count). The molecule has 0 aliphatic heterocycles. The zero-order valence-corrected chi connectivity index (χ0v) is 19.6. The maximum atomic E-state index is 14.2. The SMILES string of the molecule is NCCCC[C@H](NC(=O)C(CCC(=O)O)NC(=O)c1cc([N+](=O)[O-])ccc1F)C(=O)N[C@@H](CO)C(N)=O. The Morgan fingerprint density at radius 1 is 1.00 bits per heavy atom. The number of hydrogen-bond donors (Lipinski definition) is 7. The third-order valence-electron chi connectivity index (χ3n) is 5.10. The van der Waals surface area contributed by atoms with Crippen LogP contribution in [0.5, 0.6) is 0 Å². The predicted octanol–water partition coefficient (Wildman–Crippen LogP) is -1.73. The van der Waals surface area contributed by atoms with E-state index >= 15 is 0 Å². The van der Waals surface area contributed by atoms with Gasteiger partial charge in [0.05, 0.1) is 17.1 Å².